The number of methoxy groups -OCH3 is 2. The molecule has 21 heavy (non-hydrogen) atoms. The van der Waals surface area contributed by atoms with E-state index >= 15 is 0 Å². The second-order valence-corrected chi connectivity index (χ2v) is 5.43. The first kappa shape index (κ1) is 13.7. The van der Waals surface area contributed by atoms with Gasteiger partial charge in [-0.15, -0.1) is 5.10 Å². The molecule has 1 fully saturated rings. The molecule has 0 bridgehead atoms. The van der Waals surface area contributed by atoms with Gasteiger partial charge in [0.25, 0.3) is 0 Å². The topological polar surface area (TPSA) is 75.2 Å². The molecule has 0 unspecified atom stereocenters. The van der Waals surface area contributed by atoms with Gasteiger partial charge in [0, 0.05) is 5.92 Å². The van der Waals surface area contributed by atoms with Gasteiger partial charge in [-0.05, 0) is 43.0 Å². The van der Waals surface area contributed by atoms with Crippen LogP contribution >= 0.6 is 0 Å². The average molecular weight is 288 g/mol. The van der Waals surface area contributed by atoms with E-state index in [0.29, 0.717) is 18.3 Å². The number of hydrogen-bond acceptors (Lipinski definition) is 5. The summed E-state index contributed by atoms with van der Waals surface area (Å²) in [6, 6.07) is 3.97. The molecule has 1 saturated carbocycles. The molecule has 0 spiro atoms. The van der Waals surface area contributed by atoms with E-state index in [0.717, 1.165) is 28.3 Å². The predicted octanol–water partition coefficient (Wildman–Crippen LogP) is 2.11. The molecule has 0 amide bonds. The molecule has 0 atom stereocenters. The van der Waals surface area contributed by atoms with Crippen LogP contribution in [0.25, 0.3) is 0 Å². The van der Waals surface area contributed by atoms with Crippen LogP contribution in [0, 0.1) is 6.92 Å². The third kappa shape index (κ3) is 2.53. The fraction of sp³-hybridized carbons (Fsp3) is 0.467. The summed E-state index contributed by atoms with van der Waals surface area (Å²) in [4.78, 5) is 0. The summed E-state index contributed by atoms with van der Waals surface area (Å²) < 4.78 is 12.6. The lowest BCUT2D eigenvalue weighted by Crippen LogP contribution is -2.08. The molecule has 2 N–H and O–H groups in total. The fourth-order valence-electron chi connectivity index (χ4n) is 2.58. The van der Waals surface area contributed by atoms with Crippen molar-refractivity contribution >= 4 is 5.82 Å². The Hall–Kier alpha value is -2.24. The SMILES string of the molecule is COc1cc(C)c(Cn2nnc(N)c2C2CC2)cc1OC. The zero-order chi connectivity index (χ0) is 15.0. The summed E-state index contributed by atoms with van der Waals surface area (Å²) in [5.41, 5.74) is 9.25. The van der Waals surface area contributed by atoms with Gasteiger partial charge >= 0.3 is 0 Å². The lowest BCUT2D eigenvalue weighted by Gasteiger charge is -2.13. The molecule has 6 nitrogen and oxygen atoms in total. The van der Waals surface area contributed by atoms with Gasteiger partial charge in [-0.3, -0.25) is 0 Å². The number of nitrogens with zero attached hydrogens (tertiary/aromatic N) is 3. The molecular formula is C15H20N4O2. The van der Waals surface area contributed by atoms with E-state index in [1.165, 1.54) is 12.8 Å². The molecule has 0 saturated heterocycles. The first-order valence-corrected chi connectivity index (χ1v) is 7.04. The number of ether oxygens (including phenoxy) is 2. The first-order chi connectivity index (χ1) is 10.1. The number of nitrogen functional groups attached to an aromatic ring is 1. The van der Waals surface area contributed by atoms with Crippen LogP contribution in [-0.4, -0.2) is 29.2 Å². The molecule has 1 heterocycles. The summed E-state index contributed by atoms with van der Waals surface area (Å²) in [6.45, 7) is 2.69. The van der Waals surface area contributed by atoms with Crippen molar-refractivity contribution in [2.24, 2.45) is 0 Å². The fourth-order valence-corrected chi connectivity index (χ4v) is 2.58. The van der Waals surface area contributed by atoms with Gasteiger partial charge in [-0.25, -0.2) is 4.68 Å². The number of aryl methyl sites for hydroxylation is 1. The van der Waals surface area contributed by atoms with E-state index in [-0.39, 0.29) is 0 Å². The number of anilines is 1. The Labute approximate surface area is 123 Å². The van der Waals surface area contributed by atoms with Gasteiger partial charge < -0.3 is 15.2 Å². The Bertz CT molecular complexity index is 662. The summed E-state index contributed by atoms with van der Waals surface area (Å²) >= 11 is 0. The normalized spacial score (nSPS) is 14.2. The monoisotopic (exact) mass is 288 g/mol. The molecule has 1 aliphatic rings. The van der Waals surface area contributed by atoms with Crippen molar-refractivity contribution < 1.29 is 9.47 Å². The summed E-state index contributed by atoms with van der Waals surface area (Å²) in [5.74, 6) is 2.52. The molecule has 0 radical (unpaired) electrons. The summed E-state index contributed by atoms with van der Waals surface area (Å²) in [6.07, 6.45) is 2.34. The second-order valence-electron chi connectivity index (χ2n) is 5.43. The Balaban J connectivity index is 1.94. The summed E-state index contributed by atoms with van der Waals surface area (Å²) in [7, 11) is 3.28. The van der Waals surface area contributed by atoms with Crippen molar-refractivity contribution in [2.75, 3.05) is 20.0 Å². The van der Waals surface area contributed by atoms with Crippen LogP contribution in [0.1, 0.15) is 35.6 Å². The quantitative estimate of drug-likeness (QED) is 0.912. The van der Waals surface area contributed by atoms with Crippen molar-refractivity contribution in [3.63, 3.8) is 0 Å². The van der Waals surface area contributed by atoms with Crippen LogP contribution in [0.15, 0.2) is 12.1 Å². The highest BCUT2D eigenvalue weighted by Crippen LogP contribution is 2.42. The van der Waals surface area contributed by atoms with Gasteiger partial charge in [-0.2, -0.15) is 0 Å². The molecular weight excluding hydrogens is 268 g/mol. The zero-order valence-electron chi connectivity index (χ0n) is 12.6. The van der Waals surface area contributed by atoms with E-state index in [1.807, 2.05) is 23.7 Å². The molecule has 6 heteroatoms. The second kappa shape index (κ2) is 5.27. The first-order valence-electron chi connectivity index (χ1n) is 7.04. The van der Waals surface area contributed by atoms with Crippen molar-refractivity contribution in [3.8, 4) is 11.5 Å². The van der Waals surface area contributed by atoms with E-state index in [1.54, 1.807) is 14.2 Å². The number of rotatable bonds is 5. The Morgan fingerprint density at radius 2 is 1.90 bits per heavy atom. The molecule has 1 aromatic carbocycles. The van der Waals surface area contributed by atoms with Gasteiger partial charge in [0.15, 0.2) is 17.3 Å². The minimum absolute atomic E-state index is 0.514. The van der Waals surface area contributed by atoms with Crippen LogP contribution in [0.2, 0.25) is 0 Å². The van der Waals surface area contributed by atoms with Gasteiger partial charge in [0.1, 0.15) is 0 Å². The van der Waals surface area contributed by atoms with Crippen molar-refractivity contribution in [1.82, 2.24) is 15.0 Å². The minimum atomic E-state index is 0.514. The maximum absolute atomic E-state index is 5.94. The Morgan fingerprint density at radius 1 is 1.24 bits per heavy atom. The van der Waals surface area contributed by atoms with Gasteiger partial charge in [-0.1, -0.05) is 5.21 Å². The number of aromatic nitrogens is 3. The average Bonchev–Trinajstić information content (AvgIpc) is 3.25. The van der Waals surface area contributed by atoms with E-state index in [4.69, 9.17) is 15.2 Å². The zero-order valence-corrected chi connectivity index (χ0v) is 12.6. The minimum Gasteiger partial charge on any atom is -0.493 e. The van der Waals surface area contributed by atoms with Crippen LogP contribution in [0.3, 0.4) is 0 Å². The van der Waals surface area contributed by atoms with Crippen molar-refractivity contribution in [3.05, 3.63) is 29.0 Å². The molecule has 1 aliphatic carbocycles. The highest BCUT2D eigenvalue weighted by molar-refractivity contribution is 5.47. The van der Waals surface area contributed by atoms with Crippen LogP contribution in [0.4, 0.5) is 5.82 Å². The van der Waals surface area contributed by atoms with Gasteiger partial charge in [0.05, 0.1) is 26.5 Å². The van der Waals surface area contributed by atoms with E-state index < -0.39 is 0 Å². The number of nitrogens with two attached hydrogens (primary N) is 1. The highest BCUT2D eigenvalue weighted by atomic mass is 16.5. The van der Waals surface area contributed by atoms with E-state index in [2.05, 4.69) is 10.3 Å². The molecule has 1 aromatic heterocycles. The highest BCUT2D eigenvalue weighted by Gasteiger charge is 2.30. The number of benzene rings is 1. The lowest BCUT2D eigenvalue weighted by molar-refractivity contribution is 0.354. The third-order valence-corrected chi connectivity index (χ3v) is 3.93. The Kier molecular flexibility index (Phi) is 3.45. The van der Waals surface area contributed by atoms with Crippen molar-refractivity contribution in [2.45, 2.75) is 32.2 Å². The van der Waals surface area contributed by atoms with Crippen LogP contribution in [0.5, 0.6) is 11.5 Å². The van der Waals surface area contributed by atoms with Crippen LogP contribution < -0.4 is 15.2 Å². The third-order valence-electron chi connectivity index (χ3n) is 3.93. The summed E-state index contributed by atoms with van der Waals surface area (Å²) in [5, 5.41) is 8.20. The van der Waals surface area contributed by atoms with Gasteiger partial charge in [0.2, 0.25) is 0 Å². The van der Waals surface area contributed by atoms with Crippen molar-refractivity contribution in [1.29, 1.82) is 0 Å². The van der Waals surface area contributed by atoms with E-state index in [9.17, 15) is 0 Å². The maximum Gasteiger partial charge on any atom is 0.169 e. The predicted molar refractivity (Wildman–Crippen MR) is 79.8 cm³/mol. The largest absolute Gasteiger partial charge is 0.493 e. The smallest absolute Gasteiger partial charge is 0.169 e. The standard InChI is InChI=1S/C15H20N4O2/c1-9-6-12(20-2)13(21-3)7-11(9)8-19-14(10-4-5-10)15(16)17-18-19/h6-7,10H,4-5,8,16H2,1-3H3. The molecule has 0 aliphatic heterocycles. The number of hydrogen-bond donors (Lipinski definition) is 1. The molecule has 112 valence electrons. The Morgan fingerprint density at radius 3 is 2.52 bits per heavy atom. The maximum atomic E-state index is 5.94. The molecule has 2 aromatic rings. The molecule has 3 rings (SSSR count). The van der Waals surface area contributed by atoms with Crippen LogP contribution in [-0.2, 0) is 6.54 Å². The lowest BCUT2D eigenvalue weighted by atomic mass is 10.1.